The normalized spacial score (nSPS) is 15.9. The van der Waals surface area contributed by atoms with Crippen molar-refractivity contribution in [3.8, 4) is 0 Å². The van der Waals surface area contributed by atoms with Gasteiger partial charge in [-0.05, 0) is 60.8 Å². The van der Waals surface area contributed by atoms with E-state index >= 15 is 0 Å². The molecule has 1 aliphatic carbocycles. The molecular weight excluding hydrogens is 384 g/mol. The number of hydrogen-bond acceptors (Lipinski definition) is 5. The molecular formula is C22H24N4O2S. The Kier molecular flexibility index (Phi) is 5.67. The monoisotopic (exact) mass is 408 g/mol. The molecule has 0 bridgehead atoms. The molecule has 0 aliphatic heterocycles. The molecule has 29 heavy (non-hydrogen) atoms. The van der Waals surface area contributed by atoms with Crippen molar-refractivity contribution in [1.82, 2.24) is 19.9 Å². The topological polar surface area (TPSA) is 76.9 Å². The third kappa shape index (κ3) is 4.34. The van der Waals surface area contributed by atoms with Gasteiger partial charge in [-0.3, -0.25) is 14.2 Å². The summed E-state index contributed by atoms with van der Waals surface area (Å²) in [6, 6.07) is 9.96. The number of hydrogen-bond donors (Lipinski definition) is 1. The van der Waals surface area contributed by atoms with Gasteiger partial charge in [-0.15, -0.1) is 11.8 Å². The first kappa shape index (κ1) is 19.6. The molecule has 2 heterocycles. The van der Waals surface area contributed by atoms with E-state index in [0.29, 0.717) is 23.5 Å². The summed E-state index contributed by atoms with van der Waals surface area (Å²) >= 11 is 1.68. The third-order valence-corrected chi connectivity index (χ3v) is 6.13. The van der Waals surface area contributed by atoms with E-state index in [1.165, 1.54) is 15.8 Å². The average molecular weight is 409 g/mol. The molecule has 1 N–H and O–H groups in total. The van der Waals surface area contributed by atoms with Crippen LogP contribution < -0.4 is 10.9 Å². The van der Waals surface area contributed by atoms with Gasteiger partial charge in [0.1, 0.15) is 12.9 Å². The number of nitrogens with one attached hydrogen (secondary N) is 1. The van der Waals surface area contributed by atoms with Crippen molar-refractivity contribution in [2.45, 2.75) is 44.2 Å². The van der Waals surface area contributed by atoms with Crippen LogP contribution in [0.3, 0.4) is 0 Å². The van der Waals surface area contributed by atoms with E-state index in [9.17, 15) is 9.59 Å². The molecule has 0 radical (unpaired) electrons. The molecule has 1 amide bonds. The van der Waals surface area contributed by atoms with E-state index < -0.39 is 0 Å². The van der Waals surface area contributed by atoms with Crippen LogP contribution in [0.5, 0.6) is 0 Å². The largest absolute Gasteiger partial charge is 0.350 e. The molecule has 1 aromatic carbocycles. The second-order valence-electron chi connectivity index (χ2n) is 7.62. The number of amides is 1. The van der Waals surface area contributed by atoms with Crippen LogP contribution in [0, 0.1) is 5.92 Å². The summed E-state index contributed by atoms with van der Waals surface area (Å²) in [7, 11) is 0. The maximum Gasteiger partial charge on any atom is 0.263 e. The molecule has 7 heteroatoms. The van der Waals surface area contributed by atoms with Crippen molar-refractivity contribution in [2.75, 3.05) is 6.26 Å². The van der Waals surface area contributed by atoms with Crippen LogP contribution in [0.1, 0.15) is 30.2 Å². The van der Waals surface area contributed by atoms with Crippen molar-refractivity contribution in [3.05, 3.63) is 63.8 Å². The third-order valence-electron chi connectivity index (χ3n) is 5.39. The number of pyridine rings is 1. The number of rotatable bonds is 5. The maximum atomic E-state index is 12.9. The van der Waals surface area contributed by atoms with E-state index in [-0.39, 0.29) is 18.0 Å². The summed E-state index contributed by atoms with van der Waals surface area (Å²) in [6.07, 6.45) is 6.42. The highest BCUT2D eigenvalue weighted by atomic mass is 32.2. The zero-order valence-corrected chi connectivity index (χ0v) is 17.5. The number of thioether (sulfide) groups is 1. The van der Waals surface area contributed by atoms with Crippen molar-refractivity contribution in [3.63, 3.8) is 0 Å². The highest BCUT2D eigenvalue weighted by molar-refractivity contribution is 7.98. The highest BCUT2D eigenvalue weighted by Gasteiger charge is 2.19. The van der Waals surface area contributed by atoms with E-state index in [1.807, 2.05) is 36.6 Å². The minimum atomic E-state index is -0.221. The fourth-order valence-corrected chi connectivity index (χ4v) is 4.10. The highest BCUT2D eigenvalue weighted by Crippen LogP contribution is 2.25. The Labute approximate surface area is 173 Å². The number of aromatic nitrogens is 3. The lowest BCUT2D eigenvalue weighted by Gasteiger charge is -2.20. The number of nitrogens with zero attached hydrogens (tertiary/aromatic N) is 3. The van der Waals surface area contributed by atoms with Crippen molar-refractivity contribution >= 4 is 28.7 Å². The quantitative estimate of drug-likeness (QED) is 0.657. The van der Waals surface area contributed by atoms with Crippen LogP contribution in [0.2, 0.25) is 0 Å². The maximum absolute atomic E-state index is 12.9. The minimum Gasteiger partial charge on any atom is -0.350 e. The summed E-state index contributed by atoms with van der Waals surface area (Å²) in [5.41, 5.74) is 3.44. The molecule has 0 fully saturated rings. The molecule has 6 nitrogen and oxygen atoms in total. The Balaban J connectivity index is 1.49. The molecule has 1 atom stereocenters. The van der Waals surface area contributed by atoms with E-state index in [2.05, 4.69) is 22.2 Å². The van der Waals surface area contributed by atoms with Crippen LogP contribution in [0.25, 0.3) is 11.0 Å². The zero-order chi connectivity index (χ0) is 20.4. The van der Waals surface area contributed by atoms with Gasteiger partial charge in [0.2, 0.25) is 5.91 Å². The van der Waals surface area contributed by atoms with Crippen LogP contribution in [-0.2, 0) is 30.7 Å². The SMILES string of the molecule is CSc1ccc(CNC(=O)Cn2cnc3nc4c(cc3c2=O)C[C@@H](C)CC4)cc1. The molecule has 4 rings (SSSR count). The van der Waals surface area contributed by atoms with Crippen molar-refractivity contribution < 1.29 is 4.79 Å². The van der Waals surface area contributed by atoms with Gasteiger partial charge in [0, 0.05) is 17.1 Å². The van der Waals surface area contributed by atoms with Gasteiger partial charge in [-0.1, -0.05) is 19.1 Å². The number of fused-ring (bicyclic) bond motifs is 2. The van der Waals surface area contributed by atoms with Crippen LogP contribution in [0.15, 0.2) is 46.3 Å². The molecule has 0 saturated carbocycles. The number of carbonyl (C=O) groups excluding carboxylic acids is 1. The standard InChI is InChI=1S/C22H24N4O2S/c1-14-3-8-19-16(9-14)10-18-21(25-19)24-13-26(22(18)28)12-20(27)23-11-15-4-6-17(29-2)7-5-15/h4-7,10,13-14H,3,8-9,11-12H2,1-2H3,(H,23,27)/t14-/m0/s1. The molecule has 1 aliphatic rings. The number of aryl methyl sites for hydroxylation is 1. The van der Waals surface area contributed by atoms with Gasteiger partial charge in [-0.25, -0.2) is 9.97 Å². The molecule has 0 unspecified atom stereocenters. The smallest absolute Gasteiger partial charge is 0.263 e. The summed E-state index contributed by atoms with van der Waals surface area (Å²) in [5.74, 6) is 0.373. The Morgan fingerprint density at radius 2 is 2.10 bits per heavy atom. The second-order valence-corrected chi connectivity index (χ2v) is 8.50. The van der Waals surface area contributed by atoms with Crippen LogP contribution in [0.4, 0.5) is 0 Å². The van der Waals surface area contributed by atoms with E-state index in [0.717, 1.165) is 36.1 Å². The molecule has 0 spiro atoms. The lowest BCUT2D eigenvalue weighted by Crippen LogP contribution is -2.32. The lowest BCUT2D eigenvalue weighted by molar-refractivity contribution is -0.121. The molecule has 150 valence electrons. The summed E-state index contributed by atoms with van der Waals surface area (Å²) in [4.78, 5) is 35.3. The molecule has 3 aromatic rings. The fourth-order valence-electron chi connectivity index (χ4n) is 3.69. The van der Waals surface area contributed by atoms with Crippen molar-refractivity contribution in [2.24, 2.45) is 5.92 Å². The predicted molar refractivity (Wildman–Crippen MR) is 115 cm³/mol. The number of benzene rings is 1. The number of carbonyl (C=O) groups is 1. The first-order chi connectivity index (χ1) is 14.0. The van der Waals surface area contributed by atoms with E-state index in [1.54, 1.807) is 11.8 Å². The first-order valence-electron chi connectivity index (χ1n) is 9.81. The van der Waals surface area contributed by atoms with Crippen LogP contribution >= 0.6 is 11.8 Å². The molecule has 2 aromatic heterocycles. The fraction of sp³-hybridized carbons (Fsp3) is 0.364. The Hall–Kier alpha value is -2.67. The van der Waals surface area contributed by atoms with Crippen LogP contribution in [-0.4, -0.2) is 26.7 Å². The zero-order valence-electron chi connectivity index (χ0n) is 16.6. The van der Waals surface area contributed by atoms with Gasteiger partial charge in [0.05, 0.1) is 5.39 Å². The second kappa shape index (κ2) is 8.37. The van der Waals surface area contributed by atoms with Gasteiger partial charge < -0.3 is 5.32 Å². The Bertz CT molecular complexity index is 1110. The average Bonchev–Trinajstić information content (AvgIpc) is 2.73. The Morgan fingerprint density at radius 3 is 2.86 bits per heavy atom. The van der Waals surface area contributed by atoms with Gasteiger partial charge in [0.25, 0.3) is 5.56 Å². The minimum absolute atomic E-state index is 0.0574. The summed E-state index contributed by atoms with van der Waals surface area (Å²) in [6.45, 7) is 2.59. The van der Waals surface area contributed by atoms with Gasteiger partial charge in [0.15, 0.2) is 5.65 Å². The molecule has 0 saturated heterocycles. The van der Waals surface area contributed by atoms with E-state index in [4.69, 9.17) is 0 Å². The Morgan fingerprint density at radius 1 is 1.31 bits per heavy atom. The lowest BCUT2D eigenvalue weighted by atomic mass is 9.87. The summed E-state index contributed by atoms with van der Waals surface area (Å²) in [5, 5.41) is 3.35. The van der Waals surface area contributed by atoms with Gasteiger partial charge in [-0.2, -0.15) is 0 Å². The van der Waals surface area contributed by atoms with Gasteiger partial charge >= 0.3 is 0 Å². The first-order valence-corrected chi connectivity index (χ1v) is 11.0. The summed E-state index contributed by atoms with van der Waals surface area (Å²) < 4.78 is 1.36. The predicted octanol–water partition coefficient (Wildman–Crippen LogP) is 2.95. The van der Waals surface area contributed by atoms with Crippen molar-refractivity contribution in [1.29, 1.82) is 0 Å².